The fourth-order valence-electron chi connectivity index (χ4n) is 1.72. The predicted molar refractivity (Wildman–Crippen MR) is 63.6 cm³/mol. The first-order chi connectivity index (χ1) is 7.33. The summed E-state index contributed by atoms with van der Waals surface area (Å²) < 4.78 is 0. The first kappa shape index (κ1) is 10.2. The molecule has 0 spiro atoms. The number of benzene rings is 1. The fraction of sp³-hybridized carbons (Fsp3) is 0.333. The van der Waals surface area contributed by atoms with Gasteiger partial charge in [0.2, 0.25) is 0 Å². The molecular formula is C12H17N3. The third kappa shape index (κ3) is 2.19. The second-order valence-corrected chi connectivity index (χ2v) is 3.70. The quantitative estimate of drug-likeness (QED) is 0.709. The van der Waals surface area contributed by atoms with Crippen molar-refractivity contribution < 1.29 is 0 Å². The van der Waals surface area contributed by atoms with Crippen LogP contribution in [0.15, 0.2) is 24.3 Å². The second kappa shape index (κ2) is 4.47. The van der Waals surface area contributed by atoms with Gasteiger partial charge in [-0.2, -0.15) is 0 Å². The summed E-state index contributed by atoms with van der Waals surface area (Å²) in [5, 5.41) is 4.55. The molecule has 3 nitrogen and oxygen atoms in total. The summed E-state index contributed by atoms with van der Waals surface area (Å²) in [7, 11) is 0. The Morgan fingerprint density at radius 1 is 1.33 bits per heavy atom. The van der Waals surface area contributed by atoms with Crippen LogP contribution in [0.5, 0.6) is 0 Å². The zero-order valence-electron chi connectivity index (χ0n) is 9.01. The van der Waals surface area contributed by atoms with E-state index in [1.165, 1.54) is 22.2 Å². The van der Waals surface area contributed by atoms with Crippen molar-refractivity contribution in [1.82, 2.24) is 10.3 Å². The molecule has 3 heteroatoms. The van der Waals surface area contributed by atoms with Crippen molar-refractivity contribution in [2.24, 2.45) is 5.73 Å². The number of nitrogens with two attached hydrogens (primary N) is 1. The van der Waals surface area contributed by atoms with Crippen molar-refractivity contribution in [1.29, 1.82) is 0 Å². The van der Waals surface area contributed by atoms with Crippen molar-refractivity contribution in [3.63, 3.8) is 0 Å². The van der Waals surface area contributed by atoms with Gasteiger partial charge in [-0.3, -0.25) is 0 Å². The standard InChI is InChI=1S/C12H17N3/c1-2-14-8-11-6-10-4-3-9(7-13)5-12(10)15-11/h3-6,14-15H,2,7-8,13H2,1H3. The number of hydrogen-bond donors (Lipinski definition) is 3. The molecule has 1 aromatic carbocycles. The van der Waals surface area contributed by atoms with Gasteiger partial charge >= 0.3 is 0 Å². The zero-order chi connectivity index (χ0) is 10.7. The molecule has 0 aliphatic carbocycles. The molecular weight excluding hydrogens is 186 g/mol. The van der Waals surface area contributed by atoms with Crippen LogP contribution < -0.4 is 11.1 Å². The van der Waals surface area contributed by atoms with Gasteiger partial charge in [-0.15, -0.1) is 0 Å². The van der Waals surface area contributed by atoms with Gasteiger partial charge in [-0.1, -0.05) is 19.1 Å². The maximum absolute atomic E-state index is 5.60. The van der Waals surface area contributed by atoms with E-state index in [0.29, 0.717) is 6.54 Å². The summed E-state index contributed by atoms with van der Waals surface area (Å²) >= 11 is 0. The van der Waals surface area contributed by atoms with Gasteiger partial charge in [0.25, 0.3) is 0 Å². The monoisotopic (exact) mass is 203 g/mol. The second-order valence-electron chi connectivity index (χ2n) is 3.70. The molecule has 0 aliphatic heterocycles. The third-order valence-electron chi connectivity index (χ3n) is 2.54. The Morgan fingerprint density at radius 2 is 2.20 bits per heavy atom. The van der Waals surface area contributed by atoms with E-state index < -0.39 is 0 Å². The Kier molecular flexibility index (Phi) is 3.04. The Balaban J connectivity index is 2.29. The molecule has 15 heavy (non-hydrogen) atoms. The molecule has 0 amide bonds. The van der Waals surface area contributed by atoms with Crippen LogP contribution in [0.1, 0.15) is 18.2 Å². The predicted octanol–water partition coefficient (Wildman–Crippen LogP) is 1.74. The summed E-state index contributed by atoms with van der Waals surface area (Å²) in [5.41, 5.74) is 9.16. The van der Waals surface area contributed by atoms with Crippen LogP contribution >= 0.6 is 0 Å². The molecule has 80 valence electrons. The van der Waals surface area contributed by atoms with E-state index in [9.17, 15) is 0 Å². The zero-order valence-corrected chi connectivity index (χ0v) is 9.01. The molecule has 0 saturated heterocycles. The van der Waals surface area contributed by atoms with E-state index >= 15 is 0 Å². The van der Waals surface area contributed by atoms with Gasteiger partial charge < -0.3 is 16.0 Å². The molecule has 2 aromatic rings. The Hall–Kier alpha value is -1.32. The Morgan fingerprint density at radius 3 is 2.93 bits per heavy atom. The Bertz CT molecular complexity index is 445. The summed E-state index contributed by atoms with van der Waals surface area (Å²) in [4.78, 5) is 3.39. The van der Waals surface area contributed by atoms with Crippen LogP contribution in [0.2, 0.25) is 0 Å². The van der Waals surface area contributed by atoms with Crippen LogP contribution in [0.25, 0.3) is 10.9 Å². The molecule has 0 bridgehead atoms. The van der Waals surface area contributed by atoms with Crippen LogP contribution in [0.3, 0.4) is 0 Å². The van der Waals surface area contributed by atoms with E-state index in [2.05, 4.69) is 41.5 Å². The van der Waals surface area contributed by atoms with E-state index in [-0.39, 0.29) is 0 Å². The van der Waals surface area contributed by atoms with Gasteiger partial charge in [0.1, 0.15) is 0 Å². The minimum Gasteiger partial charge on any atom is -0.357 e. The molecule has 0 atom stereocenters. The highest BCUT2D eigenvalue weighted by Crippen LogP contribution is 2.16. The van der Waals surface area contributed by atoms with Gasteiger partial charge in [0, 0.05) is 24.3 Å². The number of aromatic nitrogens is 1. The minimum atomic E-state index is 0.595. The van der Waals surface area contributed by atoms with Gasteiger partial charge in [0.05, 0.1) is 0 Å². The Labute approximate surface area is 89.7 Å². The van der Waals surface area contributed by atoms with Crippen molar-refractivity contribution in [3.05, 3.63) is 35.5 Å². The topological polar surface area (TPSA) is 53.8 Å². The lowest BCUT2D eigenvalue weighted by atomic mass is 10.1. The van der Waals surface area contributed by atoms with Crippen molar-refractivity contribution in [2.45, 2.75) is 20.0 Å². The minimum absolute atomic E-state index is 0.595. The van der Waals surface area contributed by atoms with Gasteiger partial charge in [0.15, 0.2) is 0 Å². The molecule has 0 radical (unpaired) electrons. The summed E-state index contributed by atoms with van der Waals surface area (Å²) in [5.74, 6) is 0. The molecule has 0 fully saturated rings. The molecule has 2 rings (SSSR count). The summed E-state index contributed by atoms with van der Waals surface area (Å²) in [6.07, 6.45) is 0. The number of hydrogen-bond acceptors (Lipinski definition) is 2. The molecule has 1 heterocycles. The average Bonchev–Trinajstić information content (AvgIpc) is 2.67. The summed E-state index contributed by atoms with van der Waals surface area (Å²) in [6.45, 7) is 4.58. The largest absolute Gasteiger partial charge is 0.357 e. The maximum atomic E-state index is 5.60. The van der Waals surface area contributed by atoms with Crippen molar-refractivity contribution >= 4 is 10.9 Å². The molecule has 0 aliphatic rings. The first-order valence-corrected chi connectivity index (χ1v) is 5.34. The first-order valence-electron chi connectivity index (χ1n) is 5.34. The fourth-order valence-corrected chi connectivity index (χ4v) is 1.72. The number of rotatable bonds is 4. The number of H-pyrrole nitrogens is 1. The van der Waals surface area contributed by atoms with Crippen LogP contribution in [0.4, 0.5) is 0 Å². The van der Waals surface area contributed by atoms with Crippen LogP contribution in [0, 0.1) is 0 Å². The van der Waals surface area contributed by atoms with Crippen LogP contribution in [-0.4, -0.2) is 11.5 Å². The van der Waals surface area contributed by atoms with E-state index in [1.807, 2.05) is 0 Å². The smallest absolute Gasteiger partial charge is 0.0459 e. The van der Waals surface area contributed by atoms with Gasteiger partial charge in [-0.25, -0.2) is 0 Å². The average molecular weight is 203 g/mol. The highest BCUT2D eigenvalue weighted by molar-refractivity contribution is 5.81. The van der Waals surface area contributed by atoms with Crippen molar-refractivity contribution in [3.8, 4) is 0 Å². The third-order valence-corrected chi connectivity index (χ3v) is 2.54. The lowest BCUT2D eigenvalue weighted by Crippen LogP contribution is -2.11. The van der Waals surface area contributed by atoms with Gasteiger partial charge in [-0.05, 0) is 29.6 Å². The van der Waals surface area contributed by atoms with Crippen molar-refractivity contribution in [2.75, 3.05) is 6.54 Å². The summed E-state index contributed by atoms with van der Waals surface area (Å²) in [6, 6.07) is 8.49. The number of nitrogens with one attached hydrogen (secondary N) is 2. The van der Waals surface area contributed by atoms with Crippen LogP contribution in [-0.2, 0) is 13.1 Å². The highest BCUT2D eigenvalue weighted by Gasteiger charge is 2.00. The van der Waals surface area contributed by atoms with E-state index in [1.54, 1.807) is 0 Å². The lowest BCUT2D eigenvalue weighted by Gasteiger charge is -1.97. The SMILES string of the molecule is CCNCc1cc2ccc(CN)cc2[nH]1. The molecule has 4 N–H and O–H groups in total. The van der Waals surface area contributed by atoms with E-state index in [4.69, 9.17) is 5.73 Å². The lowest BCUT2D eigenvalue weighted by molar-refractivity contribution is 0.715. The molecule has 0 saturated carbocycles. The maximum Gasteiger partial charge on any atom is 0.0459 e. The molecule has 0 unspecified atom stereocenters. The normalized spacial score (nSPS) is 11.1. The van der Waals surface area contributed by atoms with E-state index in [0.717, 1.165) is 13.1 Å². The highest BCUT2D eigenvalue weighted by atomic mass is 14.9. The number of aromatic amines is 1. The molecule has 1 aromatic heterocycles. The number of fused-ring (bicyclic) bond motifs is 1.